The van der Waals surface area contributed by atoms with Crippen molar-refractivity contribution in [2.24, 2.45) is 11.8 Å². The molecule has 3 heterocycles. The van der Waals surface area contributed by atoms with Crippen LogP contribution in [0.5, 0.6) is 0 Å². The molecule has 9 heteroatoms. The predicted molar refractivity (Wildman–Crippen MR) is 127 cm³/mol. The quantitative estimate of drug-likeness (QED) is 0.569. The maximum atomic E-state index is 14.0. The summed E-state index contributed by atoms with van der Waals surface area (Å²) in [6.07, 6.45) is 0.507. The van der Waals surface area contributed by atoms with Gasteiger partial charge in [0.2, 0.25) is 11.8 Å². The number of aliphatic hydroxyl groups is 1. The molecule has 35 heavy (non-hydrogen) atoms. The topological polar surface area (TPSA) is 105 Å². The average molecular weight is 499 g/mol. The van der Waals surface area contributed by atoms with Crippen molar-refractivity contribution < 1.29 is 29.0 Å². The molecule has 3 fully saturated rings. The van der Waals surface area contributed by atoms with E-state index in [-0.39, 0.29) is 12.5 Å². The van der Waals surface area contributed by atoms with E-state index in [1.54, 1.807) is 43.3 Å². The maximum Gasteiger partial charge on any atom is 0.312 e. The molecular weight excluding hydrogens is 472 g/mol. The third-order valence-corrected chi connectivity index (χ3v) is 7.60. The van der Waals surface area contributed by atoms with E-state index in [1.807, 2.05) is 18.2 Å². The molecule has 3 aliphatic rings. The minimum absolute atomic E-state index is 0.184. The molecule has 2 aromatic rings. The molecule has 3 saturated heterocycles. The molecule has 5 rings (SSSR count). The molecule has 2 N–H and O–H groups in total. The number of nitrogens with one attached hydrogen (secondary N) is 1. The van der Waals surface area contributed by atoms with Crippen LogP contribution in [-0.2, 0) is 23.9 Å². The first kappa shape index (κ1) is 23.8. The number of aliphatic hydroxyl groups excluding tert-OH is 1. The van der Waals surface area contributed by atoms with Gasteiger partial charge < -0.3 is 24.8 Å². The van der Waals surface area contributed by atoms with Crippen molar-refractivity contribution in [1.29, 1.82) is 0 Å². The highest BCUT2D eigenvalue weighted by Gasteiger charge is 2.75. The summed E-state index contributed by atoms with van der Waals surface area (Å²) in [5.41, 5.74) is 0.0189. The highest BCUT2D eigenvalue weighted by Crippen LogP contribution is 2.59. The maximum absolute atomic E-state index is 14.0. The van der Waals surface area contributed by atoms with Gasteiger partial charge in [0.1, 0.15) is 11.6 Å². The van der Waals surface area contributed by atoms with E-state index in [2.05, 4.69) is 5.32 Å². The SMILES string of the molecule is CCOC(=O)[C@@H]1[C@@H]2CC[C@]3(O2)[C@H](C(=O)Nc2ccc(Cl)cc2)N([C@H](CO)c2ccccc2)C(=O)[C@@H]13. The number of ether oxygens (including phenoxy) is 2. The molecule has 0 saturated carbocycles. The lowest BCUT2D eigenvalue weighted by molar-refractivity contribution is -0.155. The molecule has 0 radical (unpaired) electrons. The van der Waals surface area contributed by atoms with Crippen LogP contribution in [0, 0.1) is 11.8 Å². The Kier molecular flexibility index (Phi) is 6.29. The number of carbonyl (C=O) groups is 3. The van der Waals surface area contributed by atoms with Gasteiger partial charge in [0, 0.05) is 10.7 Å². The van der Waals surface area contributed by atoms with Crippen LogP contribution >= 0.6 is 11.6 Å². The third kappa shape index (κ3) is 3.80. The molecule has 3 aliphatic heterocycles. The summed E-state index contributed by atoms with van der Waals surface area (Å²) < 4.78 is 11.6. The number of rotatable bonds is 7. The van der Waals surface area contributed by atoms with Crippen LogP contribution in [-0.4, -0.2) is 58.8 Å². The molecule has 8 nitrogen and oxygen atoms in total. The Balaban J connectivity index is 1.57. The number of fused-ring (bicyclic) bond motifs is 1. The van der Waals surface area contributed by atoms with Crippen molar-refractivity contribution in [2.75, 3.05) is 18.5 Å². The number of amides is 2. The van der Waals surface area contributed by atoms with E-state index in [9.17, 15) is 19.5 Å². The van der Waals surface area contributed by atoms with Crippen molar-refractivity contribution in [3.8, 4) is 0 Å². The lowest BCUT2D eigenvalue weighted by Gasteiger charge is -2.36. The number of likely N-dealkylation sites (tertiary alicyclic amines) is 1. The zero-order chi connectivity index (χ0) is 24.7. The fraction of sp³-hybridized carbons (Fsp3) is 0.423. The van der Waals surface area contributed by atoms with Gasteiger partial charge in [-0.15, -0.1) is 0 Å². The van der Waals surface area contributed by atoms with Gasteiger partial charge in [-0.25, -0.2) is 0 Å². The number of esters is 1. The van der Waals surface area contributed by atoms with Gasteiger partial charge in [0.15, 0.2) is 0 Å². The zero-order valence-corrected chi connectivity index (χ0v) is 20.0. The van der Waals surface area contributed by atoms with Crippen LogP contribution in [0.1, 0.15) is 31.4 Å². The summed E-state index contributed by atoms with van der Waals surface area (Å²) in [6, 6.07) is 13.9. The zero-order valence-electron chi connectivity index (χ0n) is 19.2. The molecule has 0 aliphatic carbocycles. The molecule has 184 valence electrons. The van der Waals surface area contributed by atoms with Gasteiger partial charge in [-0.1, -0.05) is 41.9 Å². The number of hydrogen-bond donors (Lipinski definition) is 2. The first-order valence-electron chi connectivity index (χ1n) is 11.8. The molecule has 6 atom stereocenters. The molecule has 2 aromatic carbocycles. The number of anilines is 1. The van der Waals surface area contributed by atoms with Gasteiger partial charge in [-0.05, 0) is 49.6 Å². The monoisotopic (exact) mass is 498 g/mol. The number of carbonyl (C=O) groups excluding carboxylic acids is 3. The second kappa shape index (κ2) is 9.26. The van der Waals surface area contributed by atoms with Crippen LogP contribution in [0.4, 0.5) is 5.69 Å². The number of halogens is 1. The second-order valence-corrected chi connectivity index (χ2v) is 9.60. The van der Waals surface area contributed by atoms with Crippen molar-refractivity contribution in [2.45, 2.75) is 43.6 Å². The fourth-order valence-corrected chi connectivity index (χ4v) is 6.13. The van der Waals surface area contributed by atoms with Crippen LogP contribution in [0.15, 0.2) is 54.6 Å². The average Bonchev–Trinajstić information content (AvgIpc) is 3.50. The van der Waals surface area contributed by atoms with Crippen LogP contribution in [0.25, 0.3) is 0 Å². The summed E-state index contributed by atoms with van der Waals surface area (Å²) in [5.74, 6) is -2.97. The molecule has 0 unspecified atom stereocenters. The van der Waals surface area contributed by atoms with E-state index < -0.39 is 54.1 Å². The largest absolute Gasteiger partial charge is 0.466 e. The van der Waals surface area contributed by atoms with Crippen LogP contribution in [0.2, 0.25) is 5.02 Å². The third-order valence-electron chi connectivity index (χ3n) is 7.35. The summed E-state index contributed by atoms with van der Waals surface area (Å²) >= 11 is 5.98. The molecular formula is C26H27ClN2O6. The Morgan fingerprint density at radius 2 is 1.94 bits per heavy atom. The van der Waals surface area contributed by atoms with E-state index >= 15 is 0 Å². The van der Waals surface area contributed by atoms with E-state index in [1.165, 1.54) is 4.90 Å². The molecule has 2 bridgehead atoms. The minimum atomic E-state index is -1.18. The van der Waals surface area contributed by atoms with Gasteiger partial charge >= 0.3 is 5.97 Å². The first-order valence-corrected chi connectivity index (χ1v) is 12.2. The van der Waals surface area contributed by atoms with Gasteiger partial charge in [-0.3, -0.25) is 14.4 Å². The standard InChI is InChI=1S/C26H27ClN2O6/c1-2-34-25(33)20-19-12-13-26(35-19)21(20)24(32)29(18(14-30)15-6-4-3-5-7-15)22(26)23(31)28-17-10-8-16(27)9-11-17/h3-11,18-22,30H,2,12-14H2,1H3,(H,28,31)/t18-,19+,20-,21-,22+,26-/m1/s1. The smallest absolute Gasteiger partial charge is 0.312 e. The fourth-order valence-electron chi connectivity index (χ4n) is 6.01. The van der Waals surface area contributed by atoms with E-state index in [0.29, 0.717) is 29.1 Å². The Morgan fingerprint density at radius 1 is 1.23 bits per heavy atom. The summed E-state index contributed by atoms with van der Waals surface area (Å²) in [5, 5.41) is 13.8. The Hall–Kier alpha value is -2.94. The molecule has 0 aromatic heterocycles. The van der Waals surface area contributed by atoms with Gasteiger partial charge in [-0.2, -0.15) is 0 Å². The summed E-state index contributed by atoms with van der Waals surface area (Å²) in [4.78, 5) is 42.1. The van der Waals surface area contributed by atoms with Crippen molar-refractivity contribution in [1.82, 2.24) is 4.90 Å². The number of nitrogens with zero attached hydrogens (tertiary/aromatic N) is 1. The number of benzene rings is 2. The first-order chi connectivity index (χ1) is 16.9. The Morgan fingerprint density at radius 3 is 2.60 bits per heavy atom. The Labute approximate surface area is 208 Å². The highest BCUT2D eigenvalue weighted by molar-refractivity contribution is 6.30. The van der Waals surface area contributed by atoms with Gasteiger partial charge in [0.25, 0.3) is 0 Å². The predicted octanol–water partition coefficient (Wildman–Crippen LogP) is 2.95. The van der Waals surface area contributed by atoms with E-state index in [4.69, 9.17) is 21.1 Å². The van der Waals surface area contributed by atoms with Crippen LogP contribution in [0.3, 0.4) is 0 Å². The lowest BCUT2D eigenvalue weighted by atomic mass is 9.70. The molecule has 2 amide bonds. The summed E-state index contributed by atoms with van der Waals surface area (Å²) in [7, 11) is 0. The van der Waals surface area contributed by atoms with Crippen molar-refractivity contribution >= 4 is 35.1 Å². The number of hydrogen-bond acceptors (Lipinski definition) is 6. The van der Waals surface area contributed by atoms with Crippen molar-refractivity contribution in [3.05, 3.63) is 65.2 Å². The van der Waals surface area contributed by atoms with Crippen molar-refractivity contribution in [3.63, 3.8) is 0 Å². The summed E-state index contributed by atoms with van der Waals surface area (Å²) in [6.45, 7) is 1.50. The Bertz CT molecular complexity index is 1130. The van der Waals surface area contributed by atoms with Gasteiger partial charge in [0.05, 0.1) is 37.2 Å². The van der Waals surface area contributed by atoms with E-state index in [0.717, 1.165) is 0 Å². The highest BCUT2D eigenvalue weighted by atomic mass is 35.5. The lowest BCUT2D eigenvalue weighted by Crippen LogP contribution is -2.54. The normalized spacial score (nSPS) is 29.7. The van der Waals surface area contributed by atoms with Crippen LogP contribution < -0.4 is 5.32 Å². The second-order valence-electron chi connectivity index (χ2n) is 9.16. The molecule has 1 spiro atoms. The minimum Gasteiger partial charge on any atom is -0.466 e.